The van der Waals surface area contributed by atoms with Crippen LogP contribution in [0.15, 0.2) is 30.3 Å². The second kappa shape index (κ2) is 8.16. The molecule has 2 amide bonds. The van der Waals surface area contributed by atoms with Crippen molar-refractivity contribution in [3.8, 4) is 0 Å². The number of hydrogen-bond donors (Lipinski definition) is 2. The van der Waals surface area contributed by atoms with Crippen LogP contribution in [0.25, 0.3) is 0 Å². The summed E-state index contributed by atoms with van der Waals surface area (Å²) in [4.78, 5) is 24.5. The number of benzene rings is 1. The van der Waals surface area contributed by atoms with E-state index in [1.54, 1.807) is 14.2 Å². The molecule has 0 aliphatic carbocycles. The molecule has 0 bridgehead atoms. The van der Waals surface area contributed by atoms with Gasteiger partial charge < -0.3 is 20.1 Å². The van der Waals surface area contributed by atoms with Crippen molar-refractivity contribution in [1.82, 2.24) is 10.2 Å². The first-order valence-electron chi connectivity index (χ1n) is 6.32. The van der Waals surface area contributed by atoms with Crippen LogP contribution in [0.2, 0.25) is 0 Å². The molecule has 0 radical (unpaired) electrons. The van der Waals surface area contributed by atoms with Gasteiger partial charge in [0.1, 0.15) is 6.04 Å². The molecule has 0 aliphatic heterocycles. The van der Waals surface area contributed by atoms with Crippen LogP contribution >= 0.6 is 0 Å². The normalized spacial score (nSPS) is 11.7. The Balaban J connectivity index is 2.59. The van der Waals surface area contributed by atoms with Gasteiger partial charge in [0, 0.05) is 27.1 Å². The number of urea groups is 1. The molecule has 6 nitrogen and oxygen atoms in total. The van der Waals surface area contributed by atoms with Crippen molar-refractivity contribution >= 4 is 12.0 Å². The first-order chi connectivity index (χ1) is 9.54. The smallest absolute Gasteiger partial charge is 0.326 e. The molecule has 0 fully saturated rings. The SMILES string of the molecule is COCCN(C)C(=O)NC(Cc1ccccc1)C(=O)O. The molecule has 1 aromatic rings. The van der Waals surface area contributed by atoms with Gasteiger partial charge in [-0.25, -0.2) is 9.59 Å². The number of amides is 2. The molecule has 0 spiro atoms. The van der Waals surface area contributed by atoms with Crippen LogP contribution < -0.4 is 5.32 Å². The number of carbonyl (C=O) groups excluding carboxylic acids is 1. The lowest BCUT2D eigenvalue weighted by atomic mass is 10.1. The zero-order chi connectivity index (χ0) is 15.0. The lowest BCUT2D eigenvalue weighted by Crippen LogP contribution is -2.48. The fraction of sp³-hybridized carbons (Fsp3) is 0.429. The van der Waals surface area contributed by atoms with E-state index >= 15 is 0 Å². The lowest BCUT2D eigenvalue weighted by Gasteiger charge is -2.21. The molecule has 1 rings (SSSR count). The summed E-state index contributed by atoms with van der Waals surface area (Å²) in [7, 11) is 3.14. The summed E-state index contributed by atoms with van der Waals surface area (Å²) in [5, 5.41) is 11.7. The van der Waals surface area contributed by atoms with E-state index in [-0.39, 0.29) is 6.42 Å². The Morgan fingerprint density at radius 1 is 1.35 bits per heavy atom. The van der Waals surface area contributed by atoms with Crippen LogP contribution in [-0.2, 0) is 16.0 Å². The van der Waals surface area contributed by atoms with Crippen molar-refractivity contribution < 1.29 is 19.4 Å². The van der Waals surface area contributed by atoms with Crippen molar-refractivity contribution in [3.05, 3.63) is 35.9 Å². The minimum atomic E-state index is -1.05. The first kappa shape index (κ1) is 16.0. The van der Waals surface area contributed by atoms with Crippen LogP contribution in [0.4, 0.5) is 4.79 Å². The number of aliphatic carboxylic acids is 1. The first-order valence-corrected chi connectivity index (χ1v) is 6.32. The number of likely N-dealkylation sites (N-methyl/N-ethyl adjacent to an activating group) is 1. The van der Waals surface area contributed by atoms with Gasteiger partial charge in [0.25, 0.3) is 0 Å². The van der Waals surface area contributed by atoms with E-state index < -0.39 is 18.0 Å². The highest BCUT2D eigenvalue weighted by molar-refractivity contribution is 5.82. The highest BCUT2D eigenvalue weighted by atomic mass is 16.5. The number of nitrogens with zero attached hydrogens (tertiary/aromatic N) is 1. The van der Waals surface area contributed by atoms with Gasteiger partial charge >= 0.3 is 12.0 Å². The average molecular weight is 280 g/mol. The number of rotatable bonds is 7. The quantitative estimate of drug-likeness (QED) is 0.780. The lowest BCUT2D eigenvalue weighted by molar-refractivity contribution is -0.139. The topological polar surface area (TPSA) is 78.9 Å². The van der Waals surface area contributed by atoms with E-state index in [0.717, 1.165) is 5.56 Å². The third-order valence-corrected chi connectivity index (χ3v) is 2.86. The summed E-state index contributed by atoms with van der Waals surface area (Å²) in [6.45, 7) is 0.806. The van der Waals surface area contributed by atoms with Gasteiger partial charge in [-0.05, 0) is 5.56 Å². The van der Waals surface area contributed by atoms with Gasteiger partial charge in [-0.1, -0.05) is 30.3 Å². The second-order valence-electron chi connectivity index (χ2n) is 4.44. The fourth-order valence-electron chi connectivity index (χ4n) is 1.64. The molecule has 0 saturated carbocycles. The molecule has 6 heteroatoms. The standard InChI is InChI=1S/C14H20N2O4/c1-16(8-9-20-2)14(19)15-12(13(17)18)10-11-6-4-3-5-7-11/h3-7,12H,8-10H2,1-2H3,(H,15,19)(H,17,18). The predicted octanol–water partition coefficient (Wildman–Crippen LogP) is 0.970. The van der Waals surface area contributed by atoms with Gasteiger partial charge in [0.15, 0.2) is 0 Å². The molecule has 2 N–H and O–H groups in total. The fourth-order valence-corrected chi connectivity index (χ4v) is 1.64. The summed E-state index contributed by atoms with van der Waals surface area (Å²) in [5.74, 6) is -1.05. The summed E-state index contributed by atoms with van der Waals surface area (Å²) < 4.78 is 4.87. The van der Waals surface area contributed by atoms with Crippen LogP contribution in [0.1, 0.15) is 5.56 Å². The van der Waals surface area contributed by atoms with E-state index in [1.165, 1.54) is 4.90 Å². The number of carboxylic acids is 1. The molecule has 110 valence electrons. The van der Waals surface area contributed by atoms with E-state index in [4.69, 9.17) is 4.74 Å². The Bertz CT molecular complexity index is 436. The maximum absolute atomic E-state index is 11.8. The van der Waals surface area contributed by atoms with Crippen molar-refractivity contribution in [3.63, 3.8) is 0 Å². The van der Waals surface area contributed by atoms with E-state index in [9.17, 15) is 14.7 Å². The molecule has 0 aliphatic rings. The van der Waals surface area contributed by atoms with Crippen LogP contribution in [0.5, 0.6) is 0 Å². The average Bonchev–Trinajstić information content (AvgIpc) is 2.44. The molecule has 0 heterocycles. The minimum absolute atomic E-state index is 0.250. The number of methoxy groups -OCH3 is 1. The molecule has 1 unspecified atom stereocenters. The van der Waals surface area contributed by atoms with Crippen molar-refractivity contribution in [1.29, 1.82) is 0 Å². The Hall–Kier alpha value is -2.08. The largest absolute Gasteiger partial charge is 0.480 e. The van der Waals surface area contributed by atoms with Crippen LogP contribution in [0.3, 0.4) is 0 Å². The maximum atomic E-state index is 11.8. The summed E-state index contributed by atoms with van der Waals surface area (Å²) >= 11 is 0. The zero-order valence-electron chi connectivity index (χ0n) is 11.7. The molecule has 0 aromatic heterocycles. The minimum Gasteiger partial charge on any atom is -0.480 e. The van der Waals surface area contributed by atoms with E-state index in [1.807, 2.05) is 30.3 Å². The van der Waals surface area contributed by atoms with Crippen LogP contribution in [-0.4, -0.2) is 55.4 Å². The van der Waals surface area contributed by atoms with Crippen molar-refractivity contribution in [2.45, 2.75) is 12.5 Å². The van der Waals surface area contributed by atoms with Gasteiger partial charge in [-0.15, -0.1) is 0 Å². The Morgan fingerprint density at radius 3 is 2.55 bits per heavy atom. The second-order valence-corrected chi connectivity index (χ2v) is 4.44. The van der Waals surface area contributed by atoms with E-state index in [0.29, 0.717) is 13.2 Å². The number of hydrogen-bond acceptors (Lipinski definition) is 3. The Kier molecular flexibility index (Phi) is 6.52. The molecule has 0 saturated heterocycles. The summed E-state index contributed by atoms with van der Waals surface area (Å²) in [5.41, 5.74) is 0.861. The van der Waals surface area contributed by atoms with E-state index in [2.05, 4.69) is 5.32 Å². The maximum Gasteiger partial charge on any atom is 0.326 e. The van der Waals surface area contributed by atoms with Crippen molar-refractivity contribution in [2.75, 3.05) is 27.3 Å². The molecular weight excluding hydrogens is 260 g/mol. The molecule has 20 heavy (non-hydrogen) atoms. The van der Waals surface area contributed by atoms with Crippen LogP contribution in [0, 0.1) is 0 Å². The zero-order valence-corrected chi connectivity index (χ0v) is 11.7. The van der Waals surface area contributed by atoms with Gasteiger partial charge in [0.05, 0.1) is 6.61 Å². The highest BCUT2D eigenvalue weighted by Crippen LogP contribution is 2.04. The summed E-state index contributed by atoms with van der Waals surface area (Å²) in [6.07, 6.45) is 0.250. The third-order valence-electron chi connectivity index (χ3n) is 2.86. The number of nitrogens with one attached hydrogen (secondary N) is 1. The summed E-state index contributed by atoms with van der Waals surface area (Å²) in [6, 6.07) is 7.81. The molecule has 1 aromatic carbocycles. The number of carbonyl (C=O) groups is 2. The Labute approximate surface area is 118 Å². The third kappa shape index (κ3) is 5.27. The van der Waals surface area contributed by atoms with Gasteiger partial charge in [-0.3, -0.25) is 0 Å². The predicted molar refractivity (Wildman–Crippen MR) is 74.6 cm³/mol. The highest BCUT2D eigenvalue weighted by Gasteiger charge is 2.21. The monoisotopic (exact) mass is 280 g/mol. The van der Waals surface area contributed by atoms with Gasteiger partial charge in [0.2, 0.25) is 0 Å². The molecular formula is C14H20N2O4. The van der Waals surface area contributed by atoms with Gasteiger partial charge in [-0.2, -0.15) is 0 Å². The molecule has 1 atom stereocenters. The Morgan fingerprint density at radius 2 is 2.00 bits per heavy atom. The number of ether oxygens (including phenoxy) is 1. The van der Waals surface area contributed by atoms with Crippen molar-refractivity contribution in [2.24, 2.45) is 0 Å². The number of carboxylic acid groups (broad SMARTS) is 1.